The fourth-order valence-electron chi connectivity index (χ4n) is 4.09. The van der Waals surface area contributed by atoms with Crippen LogP contribution in [0.4, 0.5) is 8.78 Å². The fourth-order valence-corrected chi connectivity index (χ4v) is 4.09. The van der Waals surface area contributed by atoms with Crippen LogP contribution in [0.25, 0.3) is 22.6 Å². The third kappa shape index (κ3) is 3.88. The van der Waals surface area contributed by atoms with Crippen molar-refractivity contribution in [2.24, 2.45) is 5.73 Å². The minimum absolute atomic E-state index is 0.0149. The summed E-state index contributed by atoms with van der Waals surface area (Å²) in [5.74, 6) is -1.75. The van der Waals surface area contributed by atoms with E-state index in [1.807, 2.05) is 6.07 Å². The molecule has 182 valence electrons. The predicted octanol–water partition coefficient (Wildman–Crippen LogP) is 2.76. The van der Waals surface area contributed by atoms with Crippen LogP contribution in [-0.4, -0.2) is 24.8 Å². The molecule has 1 amide bonds. The van der Waals surface area contributed by atoms with Gasteiger partial charge >= 0.3 is 5.69 Å². The highest BCUT2D eigenvalue weighted by Crippen LogP contribution is 2.29. The lowest BCUT2D eigenvalue weighted by Gasteiger charge is -2.18. The number of primary amides is 1. The summed E-state index contributed by atoms with van der Waals surface area (Å²) in [7, 11) is 0. The van der Waals surface area contributed by atoms with Crippen molar-refractivity contribution in [3.63, 3.8) is 0 Å². The van der Waals surface area contributed by atoms with Gasteiger partial charge in [-0.15, -0.1) is 0 Å². The molecule has 2 heterocycles. The number of hydrogen-bond acceptors (Lipinski definition) is 5. The Kier molecular flexibility index (Phi) is 6.35. The molecule has 2 aromatic heterocycles. The zero-order valence-corrected chi connectivity index (χ0v) is 19.3. The highest BCUT2D eigenvalue weighted by atomic mass is 19.1. The molecule has 36 heavy (non-hydrogen) atoms. The van der Waals surface area contributed by atoms with Crippen LogP contribution < -0.4 is 17.0 Å². The first-order valence-electron chi connectivity index (χ1n) is 10.8. The molecule has 0 fully saturated rings. The van der Waals surface area contributed by atoms with Crippen LogP contribution >= 0.6 is 0 Å². The molecular formula is C25H20F2N6O3. The normalized spacial score (nSPS) is 10.9. The average molecular weight is 490 g/mol. The Morgan fingerprint density at radius 2 is 1.94 bits per heavy atom. The Hall–Kier alpha value is -4.85. The van der Waals surface area contributed by atoms with E-state index in [4.69, 9.17) is 11.0 Å². The summed E-state index contributed by atoms with van der Waals surface area (Å²) in [4.78, 5) is 39.2. The van der Waals surface area contributed by atoms with E-state index in [0.717, 1.165) is 21.5 Å². The van der Waals surface area contributed by atoms with Crippen molar-refractivity contribution >= 4 is 5.91 Å². The van der Waals surface area contributed by atoms with Gasteiger partial charge in [-0.3, -0.25) is 18.7 Å². The van der Waals surface area contributed by atoms with E-state index in [9.17, 15) is 23.2 Å². The Balaban J connectivity index is 2.14. The van der Waals surface area contributed by atoms with E-state index in [1.165, 1.54) is 29.7 Å². The quantitative estimate of drug-likeness (QED) is 0.444. The molecule has 0 spiro atoms. The standard InChI is InChI=1S/C25H20F2N6O3/c1-3-31-24(35)21(14(2)32(25(31)36)17-6-4-5-15(9-17)11-26)22-18(23(29)34)13-30-33(22)20-8-7-16(12-28)10-19(20)27/h4-10,13H,3,11H2,1-2H3,(H2,29,34). The van der Waals surface area contributed by atoms with Gasteiger partial charge in [0, 0.05) is 12.2 Å². The van der Waals surface area contributed by atoms with Crippen molar-refractivity contribution in [1.82, 2.24) is 18.9 Å². The van der Waals surface area contributed by atoms with Gasteiger partial charge in [0.15, 0.2) is 0 Å². The molecule has 0 bridgehead atoms. The zero-order valence-electron chi connectivity index (χ0n) is 19.3. The summed E-state index contributed by atoms with van der Waals surface area (Å²) >= 11 is 0. The minimum Gasteiger partial charge on any atom is -0.365 e. The van der Waals surface area contributed by atoms with E-state index >= 15 is 0 Å². The lowest BCUT2D eigenvalue weighted by molar-refractivity contribution is 0.100. The summed E-state index contributed by atoms with van der Waals surface area (Å²) in [6, 6.07) is 11.6. The number of alkyl halides is 1. The van der Waals surface area contributed by atoms with Gasteiger partial charge in [-0.05, 0) is 49.7 Å². The number of aromatic nitrogens is 4. The van der Waals surface area contributed by atoms with Gasteiger partial charge in [0.05, 0.1) is 40.3 Å². The molecular weight excluding hydrogens is 470 g/mol. The molecule has 2 aromatic carbocycles. The van der Waals surface area contributed by atoms with Crippen molar-refractivity contribution < 1.29 is 13.6 Å². The minimum atomic E-state index is -0.927. The first-order chi connectivity index (χ1) is 17.2. The number of carbonyl (C=O) groups is 1. The lowest BCUT2D eigenvalue weighted by atomic mass is 10.1. The van der Waals surface area contributed by atoms with E-state index < -0.39 is 29.6 Å². The number of amides is 1. The molecule has 4 rings (SSSR count). The molecule has 9 nitrogen and oxygen atoms in total. The molecule has 0 saturated carbocycles. The van der Waals surface area contributed by atoms with Crippen molar-refractivity contribution in [1.29, 1.82) is 5.26 Å². The van der Waals surface area contributed by atoms with E-state index in [0.29, 0.717) is 11.3 Å². The Morgan fingerprint density at radius 1 is 1.19 bits per heavy atom. The first kappa shape index (κ1) is 24.3. The predicted molar refractivity (Wildman–Crippen MR) is 127 cm³/mol. The third-order valence-corrected chi connectivity index (χ3v) is 5.79. The van der Waals surface area contributed by atoms with Gasteiger partial charge in [0.1, 0.15) is 18.2 Å². The van der Waals surface area contributed by atoms with Crippen LogP contribution in [-0.2, 0) is 13.2 Å². The van der Waals surface area contributed by atoms with Crippen LogP contribution in [0.5, 0.6) is 0 Å². The second-order valence-electron chi connectivity index (χ2n) is 7.89. The Bertz CT molecular complexity index is 1680. The number of rotatable bonds is 6. The van der Waals surface area contributed by atoms with Gasteiger partial charge < -0.3 is 5.73 Å². The number of nitrogens with two attached hydrogens (primary N) is 1. The zero-order chi connectivity index (χ0) is 26.1. The molecule has 0 aliphatic carbocycles. The monoisotopic (exact) mass is 490 g/mol. The van der Waals surface area contributed by atoms with E-state index in [1.54, 1.807) is 25.1 Å². The number of nitrogens with zero attached hydrogens (tertiary/aromatic N) is 5. The SMILES string of the molecule is CCn1c(=O)c(-c2c(C(N)=O)cnn2-c2ccc(C#N)cc2F)c(C)n(-c2cccc(CF)c2)c1=O. The van der Waals surface area contributed by atoms with Crippen LogP contribution in [0.2, 0.25) is 0 Å². The molecule has 11 heteroatoms. The maximum Gasteiger partial charge on any atom is 0.335 e. The third-order valence-electron chi connectivity index (χ3n) is 5.79. The number of hydrogen-bond donors (Lipinski definition) is 1. The summed E-state index contributed by atoms with van der Waals surface area (Å²) in [6.45, 7) is 2.30. The maximum absolute atomic E-state index is 15.0. The van der Waals surface area contributed by atoms with Crippen molar-refractivity contribution in [3.8, 4) is 28.7 Å². The summed E-state index contributed by atoms with van der Waals surface area (Å²) in [5.41, 5.74) is 4.40. The molecule has 0 radical (unpaired) electrons. The van der Waals surface area contributed by atoms with Crippen molar-refractivity contribution in [2.45, 2.75) is 27.1 Å². The van der Waals surface area contributed by atoms with Crippen LogP contribution in [0.3, 0.4) is 0 Å². The fraction of sp³-hybridized carbons (Fsp3) is 0.160. The highest BCUT2D eigenvalue weighted by molar-refractivity contribution is 5.99. The molecule has 2 N–H and O–H groups in total. The van der Waals surface area contributed by atoms with E-state index in [2.05, 4.69) is 5.10 Å². The topological polar surface area (TPSA) is 129 Å². The lowest BCUT2D eigenvalue weighted by Crippen LogP contribution is -2.41. The maximum atomic E-state index is 15.0. The Labute approximate surface area is 203 Å². The van der Waals surface area contributed by atoms with Gasteiger partial charge in [-0.25, -0.2) is 18.3 Å². The van der Waals surface area contributed by atoms with Crippen LogP contribution in [0.15, 0.2) is 58.3 Å². The average Bonchev–Trinajstić information content (AvgIpc) is 3.29. The van der Waals surface area contributed by atoms with Gasteiger partial charge in [0.25, 0.3) is 11.5 Å². The molecule has 0 saturated heterocycles. The number of nitriles is 1. The van der Waals surface area contributed by atoms with E-state index in [-0.39, 0.29) is 40.3 Å². The van der Waals surface area contributed by atoms with Crippen molar-refractivity contribution in [3.05, 3.63) is 97.7 Å². The summed E-state index contributed by atoms with van der Waals surface area (Å²) < 4.78 is 31.5. The number of carbonyl (C=O) groups excluding carboxylic acids is 1. The molecule has 0 atom stereocenters. The number of halogens is 2. The van der Waals surface area contributed by atoms with Crippen LogP contribution in [0, 0.1) is 24.1 Å². The largest absolute Gasteiger partial charge is 0.365 e. The van der Waals surface area contributed by atoms with Gasteiger partial charge in [-0.2, -0.15) is 10.4 Å². The Morgan fingerprint density at radius 3 is 2.56 bits per heavy atom. The summed E-state index contributed by atoms with van der Waals surface area (Å²) in [6.07, 6.45) is 1.10. The smallest absolute Gasteiger partial charge is 0.335 e. The molecule has 0 aliphatic rings. The first-order valence-corrected chi connectivity index (χ1v) is 10.8. The van der Waals surface area contributed by atoms with Crippen molar-refractivity contribution in [2.75, 3.05) is 0 Å². The van der Waals surface area contributed by atoms with Gasteiger partial charge in [-0.1, -0.05) is 12.1 Å². The molecule has 0 unspecified atom stereocenters. The molecule has 0 aliphatic heterocycles. The van der Waals surface area contributed by atoms with Crippen LogP contribution in [0.1, 0.15) is 34.1 Å². The summed E-state index contributed by atoms with van der Waals surface area (Å²) in [5, 5.41) is 13.2. The second-order valence-corrected chi connectivity index (χ2v) is 7.89. The van der Waals surface area contributed by atoms with Gasteiger partial charge in [0.2, 0.25) is 0 Å². The number of benzene rings is 2. The highest BCUT2D eigenvalue weighted by Gasteiger charge is 2.27. The molecule has 4 aromatic rings. The second kappa shape index (κ2) is 9.42.